The van der Waals surface area contributed by atoms with E-state index in [2.05, 4.69) is 19.8 Å². The van der Waals surface area contributed by atoms with Crippen molar-refractivity contribution in [2.24, 2.45) is 13.0 Å². The van der Waals surface area contributed by atoms with Gasteiger partial charge in [-0.1, -0.05) is 0 Å². The van der Waals surface area contributed by atoms with Gasteiger partial charge in [0.05, 0.1) is 18.4 Å². The van der Waals surface area contributed by atoms with Crippen LogP contribution in [0.2, 0.25) is 0 Å². The van der Waals surface area contributed by atoms with E-state index in [4.69, 9.17) is 9.72 Å². The lowest BCUT2D eigenvalue weighted by molar-refractivity contribution is -0.120. The van der Waals surface area contributed by atoms with E-state index in [-0.39, 0.29) is 22.8 Å². The number of aromatic carboxylic acids is 1. The van der Waals surface area contributed by atoms with Crippen LogP contribution in [0, 0.1) is 12.8 Å². The second kappa shape index (κ2) is 8.90. The first-order valence-electron chi connectivity index (χ1n) is 12.0. The van der Waals surface area contributed by atoms with E-state index in [0.717, 1.165) is 30.2 Å². The fraction of sp³-hybridized carbons (Fsp3) is 0.375. The molecular weight excluding hydrogens is 512 g/mol. The van der Waals surface area contributed by atoms with Gasteiger partial charge in [0.2, 0.25) is 22.3 Å². The van der Waals surface area contributed by atoms with Crippen molar-refractivity contribution >= 4 is 46.1 Å². The summed E-state index contributed by atoms with van der Waals surface area (Å²) in [4.78, 5) is 49.0. The van der Waals surface area contributed by atoms with Gasteiger partial charge >= 0.3 is 5.97 Å². The summed E-state index contributed by atoms with van der Waals surface area (Å²) in [5.41, 5.74) is -0.0571. The van der Waals surface area contributed by atoms with E-state index in [1.165, 1.54) is 18.0 Å². The lowest BCUT2D eigenvalue weighted by Crippen LogP contribution is -2.52. The van der Waals surface area contributed by atoms with Crippen molar-refractivity contribution in [3.05, 3.63) is 45.5 Å². The molecule has 4 aromatic rings. The van der Waals surface area contributed by atoms with Crippen LogP contribution in [0.25, 0.3) is 16.2 Å². The van der Waals surface area contributed by atoms with Crippen molar-refractivity contribution in [1.82, 2.24) is 28.7 Å². The van der Waals surface area contributed by atoms with Crippen LogP contribution in [0.1, 0.15) is 40.5 Å². The van der Waals surface area contributed by atoms with Crippen LogP contribution in [0.4, 0.5) is 11.6 Å². The third kappa shape index (κ3) is 4.06. The van der Waals surface area contributed by atoms with Gasteiger partial charge in [0.1, 0.15) is 17.2 Å². The van der Waals surface area contributed by atoms with Crippen LogP contribution < -0.4 is 20.4 Å². The molecule has 38 heavy (non-hydrogen) atoms. The second-order valence-corrected chi connectivity index (χ2v) is 10.3. The van der Waals surface area contributed by atoms with E-state index >= 15 is 0 Å². The van der Waals surface area contributed by atoms with Crippen LogP contribution in [-0.4, -0.2) is 65.9 Å². The van der Waals surface area contributed by atoms with Crippen molar-refractivity contribution in [2.45, 2.75) is 25.7 Å². The Hall–Kier alpha value is -4.33. The Morgan fingerprint density at radius 2 is 1.97 bits per heavy atom. The van der Waals surface area contributed by atoms with Crippen LogP contribution in [0.3, 0.4) is 0 Å². The third-order valence-electron chi connectivity index (χ3n) is 6.83. The topological polar surface area (TPSA) is 157 Å². The number of fused-ring (bicyclic) bond motifs is 1. The number of methoxy groups -OCH3 is 1. The van der Waals surface area contributed by atoms with Crippen molar-refractivity contribution in [3.8, 4) is 11.0 Å². The number of ether oxygens (including phenoxy) is 1. The largest absolute Gasteiger partial charge is 0.481 e. The predicted octanol–water partition coefficient (Wildman–Crippen LogP) is 1.94. The van der Waals surface area contributed by atoms with Gasteiger partial charge < -0.3 is 20.1 Å². The van der Waals surface area contributed by atoms with Crippen LogP contribution in [0.15, 0.2) is 23.1 Å². The van der Waals surface area contributed by atoms with E-state index in [9.17, 15) is 19.5 Å². The number of aromatic nitrogens is 6. The highest BCUT2D eigenvalue weighted by atomic mass is 32.1. The number of amides is 1. The molecule has 0 atom stereocenters. The number of carbonyl (C=O) groups excluding carboxylic acids is 1. The van der Waals surface area contributed by atoms with E-state index < -0.39 is 11.4 Å². The molecule has 4 aromatic heterocycles. The van der Waals surface area contributed by atoms with Gasteiger partial charge in [-0.2, -0.15) is 9.47 Å². The summed E-state index contributed by atoms with van der Waals surface area (Å²) in [6.07, 6.45) is 3.33. The van der Waals surface area contributed by atoms with Gasteiger partial charge in [-0.15, -0.1) is 0 Å². The average molecular weight is 537 g/mol. The van der Waals surface area contributed by atoms with Gasteiger partial charge in [-0.05, 0) is 31.4 Å². The molecule has 1 saturated carbocycles. The lowest BCUT2D eigenvalue weighted by Gasteiger charge is -2.39. The number of pyridine rings is 2. The molecule has 2 fully saturated rings. The Bertz CT molecular complexity index is 1660. The summed E-state index contributed by atoms with van der Waals surface area (Å²) in [7, 11) is 3.25. The molecule has 0 radical (unpaired) electrons. The number of nitrogens with one attached hydrogen (secondary N) is 1. The number of aryl methyl sites for hydroxylation is 2. The molecule has 2 N–H and O–H groups in total. The zero-order valence-electron chi connectivity index (χ0n) is 20.8. The number of carboxylic acid groups (broad SMARTS) is 1. The Balaban J connectivity index is 1.31. The number of anilines is 2. The zero-order valence-corrected chi connectivity index (χ0v) is 21.7. The molecule has 5 heterocycles. The summed E-state index contributed by atoms with van der Waals surface area (Å²) < 4.78 is 12.7. The minimum Gasteiger partial charge on any atom is -0.481 e. The summed E-state index contributed by atoms with van der Waals surface area (Å²) in [5, 5.41) is 17.4. The fourth-order valence-electron chi connectivity index (χ4n) is 4.53. The molecule has 0 spiro atoms. The first kappa shape index (κ1) is 24.0. The van der Waals surface area contributed by atoms with E-state index in [1.54, 1.807) is 30.7 Å². The maximum absolute atomic E-state index is 13.1. The standard InChI is InChI=1S/C24H24N8O5S/c1-11-6-16(31-8-13(9-31)22(34)25-15-7-17(37-3)30(2)28-15)26-21-18(11)19(33)14(23(35)36)10-32(21)24-27-20(29-38-24)12-4-5-12/h6-7,10,12-13H,4-5,8-9H2,1-3H3,(H,35,36)(H,25,28,34). The zero-order chi connectivity index (χ0) is 26.7. The molecule has 1 amide bonds. The van der Waals surface area contributed by atoms with Crippen LogP contribution >= 0.6 is 11.5 Å². The van der Waals surface area contributed by atoms with Gasteiger partial charge in [0.15, 0.2) is 11.5 Å². The molecule has 1 aliphatic heterocycles. The monoisotopic (exact) mass is 536 g/mol. The normalized spacial score (nSPS) is 15.5. The summed E-state index contributed by atoms with van der Waals surface area (Å²) in [6, 6.07) is 3.39. The van der Waals surface area contributed by atoms with Gasteiger partial charge in [0, 0.05) is 49.9 Å². The highest BCUT2D eigenvalue weighted by Crippen LogP contribution is 2.39. The molecule has 13 nitrogen and oxygen atoms in total. The minimum absolute atomic E-state index is 0.163. The summed E-state index contributed by atoms with van der Waals surface area (Å²) >= 11 is 1.15. The van der Waals surface area contributed by atoms with E-state index in [1.807, 2.05) is 4.90 Å². The molecule has 0 aromatic carbocycles. The van der Waals surface area contributed by atoms with Crippen molar-refractivity contribution in [2.75, 3.05) is 30.4 Å². The fourth-order valence-corrected chi connectivity index (χ4v) is 5.26. The highest BCUT2D eigenvalue weighted by Gasteiger charge is 2.35. The molecule has 14 heteroatoms. The SMILES string of the molecule is COc1cc(NC(=O)C2CN(c3cc(C)c4c(=O)c(C(=O)O)cn(-c5nc(C6CC6)ns5)c4n3)C2)nn1C. The smallest absolute Gasteiger partial charge is 0.341 e. The number of carboxylic acids is 1. The van der Waals surface area contributed by atoms with Crippen LogP contribution in [-0.2, 0) is 11.8 Å². The Morgan fingerprint density at radius 3 is 2.63 bits per heavy atom. The minimum atomic E-state index is -1.32. The highest BCUT2D eigenvalue weighted by molar-refractivity contribution is 7.08. The maximum atomic E-state index is 13.1. The Morgan fingerprint density at radius 1 is 1.21 bits per heavy atom. The Labute approximate surface area is 219 Å². The molecular formula is C24H24N8O5S. The maximum Gasteiger partial charge on any atom is 0.341 e. The number of carbonyl (C=O) groups is 2. The van der Waals surface area contributed by atoms with Gasteiger partial charge in [0.25, 0.3) is 0 Å². The van der Waals surface area contributed by atoms with Crippen molar-refractivity contribution < 1.29 is 19.4 Å². The van der Waals surface area contributed by atoms with Gasteiger partial charge in [-0.25, -0.2) is 19.4 Å². The molecule has 0 bridgehead atoms. The number of rotatable bonds is 7. The van der Waals surface area contributed by atoms with Crippen molar-refractivity contribution in [1.29, 1.82) is 0 Å². The predicted molar refractivity (Wildman–Crippen MR) is 139 cm³/mol. The third-order valence-corrected chi connectivity index (χ3v) is 7.56. The molecule has 1 aliphatic carbocycles. The first-order chi connectivity index (χ1) is 18.2. The number of hydrogen-bond acceptors (Lipinski definition) is 10. The second-order valence-electron chi connectivity index (χ2n) is 9.54. The molecule has 1 saturated heterocycles. The number of hydrogen-bond donors (Lipinski definition) is 2. The number of nitrogens with zero attached hydrogens (tertiary/aromatic N) is 7. The first-order valence-corrected chi connectivity index (χ1v) is 12.8. The molecule has 2 aliphatic rings. The average Bonchev–Trinajstić information content (AvgIpc) is 3.46. The molecule has 0 unspecified atom stereocenters. The molecule has 6 rings (SSSR count). The summed E-state index contributed by atoms with van der Waals surface area (Å²) in [6.45, 7) is 2.60. The molecule has 196 valence electrons. The van der Waals surface area contributed by atoms with Gasteiger partial charge in [-0.3, -0.25) is 14.2 Å². The summed E-state index contributed by atoms with van der Waals surface area (Å²) in [5.74, 6) is 0.821. The lowest BCUT2D eigenvalue weighted by atomic mass is 9.98. The van der Waals surface area contributed by atoms with E-state index in [0.29, 0.717) is 52.9 Å². The quantitative estimate of drug-likeness (QED) is 0.358. The van der Waals surface area contributed by atoms with Crippen LogP contribution in [0.5, 0.6) is 5.88 Å². The van der Waals surface area contributed by atoms with Crippen molar-refractivity contribution in [3.63, 3.8) is 0 Å². The Kier molecular flexibility index (Phi) is 5.63.